The molecule has 0 saturated heterocycles. The Kier molecular flexibility index (Phi) is 4.77. The SMILES string of the molecule is CCC(O)Cn1cc(CNc2ncccc2[N+](=O)[O-])nn1. The summed E-state index contributed by atoms with van der Waals surface area (Å²) in [6.07, 6.45) is 3.32. The molecule has 2 aromatic heterocycles. The Morgan fingerprint density at radius 2 is 2.38 bits per heavy atom. The van der Waals surface area contributed by atoms with Crippen molar-refractivity contribution in [2.24, 2.45) is 0 Å². The summed E-state index contributed by atoms with van der Waals surface area (Å²) >= 11 is 0. The smallest absolute Gasteiger partial charge is 0.311 e. The van der Waals surface area contributed by atoms with E-state index in [1.165, 1.54) is 23.0 Å². The van der Waals surface area contributed by atoms with E-state index in [4.69, 9.17) is 0 Å². The van der Waals surface area contributed by atoms with Crippen molar-refractivity contribution in [2.75, 3.05) is 5.32 Å². The third-order valence-corrected chi connectivity index (χ3v) is 2.88. The van der Waals surface area contributed by atoms with Gasteiger partial charge in [-0.1, -0.05) is 12.1 Å². The molecule has 0 amide bonds. The number of pyridine rings is 1. The lowest BCUT2D eigenvalue weighted by Gasteiger charge is -2.05. The van der Waals surface area contributed by atoms with Crippen LogP contribution in [0.5, 0.6) is 0 Å². The van der Waals surface area contributed by atoms with Crippen LogP contribution in [-0.2, 0) is 13.1 Å². The van der Waals surface area contributed by atoms with E-state index in [2.05, 4.69) is 20.6 Å². The summed E-state index contributed by atoms with van der Waals surface area (Å²) in [4.78, 5) is 14.3. The third-order valence-electron chi connectivity index (χ3n) is 2.88. The van der Waals surface area contributed by atoms with E-state index in [-0.39, 0.29) is 18.1 Å². The number of aromatic nitrogens is 4. The molecule has 2 aromatic rings. The second kappa shape index (κ2) is 6.75. The molecule has 0 spiro atoms. The highest BCUT2D eigenvalue weighted by Gasteiger charge is 2.14. The molecule has 0 aromatic carbocycles. The molecule has 2 N–H and O–H groups in total. The number of hydrogen-bond acceptors (Lipinski definition) is 7. The van der Waals surface area contributed by atoms with Crippen molar-refractivity contribution >= 4 is 11.5 Å². The van der Waals surface area contributed by atoms with Crippen LogP contribution in [-0.4, -0.2) is 36.1 Å². The average molecular weight is 292 g/mol. The lowest BCUT2D eigenvalue weighted by Crippen LogP contribution is -2.15. The van der Waals surface area contributed by atoms with Crippen LogP contribution in [0.25, 0.3) is 0 Å². The molecule has 0 saturated carbocycles. The lowest BCUT2D eigenvalue weighted by atomic mass is 10.3. The van der Waals surface area contributed by atoms with Crippen LogP contribution in [0.3, 0.4) is 0 Å². The van der Waals surface area contributed by atoms with Gasteiger partial charge in [0.15, 0.2) is 0 Å². The average Bonchev–Trinajstić information content (AvgIpc) is 2.92. The van der Waals surface area contributed by atoms with Crippen molar-refractivity contribution in [3.05, 3.63) is 40.3 Å². The molecule has 1 atom stereocenters. The molecule has 0 aliphatic carbocycles. The van der Waals surface area contributed by atoms with Crippen molar-refractivity contribution in [1.82, 2.24) is 20.0 Å². The summed E-state index contributed by atoms with van der Waals surface area (Å²) in [5, 5.41) is 31.1. The molecule has 112 valence electrons. The molecule has 9 nitrogen and oxygen atoms in total. The number of aliphatic hydroxyl groups is 1. The molecular weight excluding hydrogens is 276 g/mol. The summed E-state index contributed by atoms with van der Waals surface area (Å²) in [5.41, 5.74) is 0.518. The Bertz CT molecular complexity index is 615. The van der Waals surface area contributed by atoms with E-state index in [1.54, 1.807) is 6.20 Å². The van der Waals surface area contributed by atoms with Crippen LogP contribution in [0, 0.1) is 10.1 Å². The third kappa shape index (κ3) is 3.96. The van der Waals surface area contributed by atoms with Gasteiger partial charge in [-0.25, -0.2) is 9.67 Å². The summed E-state index contributed by atoms with van der Waals surface area (Å²) in [6, 6.07) is 2.88. The fourth-order valence-electron chi connectivity index (χ4n) is 1.71. The second-order valence-electron chi connectivity index (χ2n) is 4.48. The molecule has 0 aliphatic heterocycles. The molecular formula is C12H16N6O3. The number of hydrogen-bond donors (Lipinski definition) is 2. The van der Waals surface area contributed by atoms with E-state index < -0.39 is 11.0 Å². The minimum atomic E-state index is -0.496. The number of nitrogens with one attached hydrogen (secondary N) is 1. The number of rotatable bonds is 7. The van der Waals surface area contributed by atoms with Crippen LogP contribution in [0.2, 0.25) is 0 Å². The fraction of sp³-hybridized carbons (Fsp3) is 0.417. The molecule has 9 heteroatoms. The van der Waals surface area contributed by atoms with Gasteiger partial charge in [0.05, 0.1) is 30.3 Å². The van der Waals surface area contributed by atoms with Gasteiger partial charge in [0.25, 0.3) is 0 Å². The van der Waals surface area contributed by atoms with Gasteiger partial charge < -0.3 is 10.4 Å². The second-order valence-corrected chi connectivity index (χ2v) is 4.48. The number of nitrogens with zero attached hydrogens (tertiary/aromatic N) is 5. The quantitative estimate of drug-likeness (QED) is 0.576. The maximum atomic E-state index is 10.9. The zero-order valence-corrected chi connectivity index (χ0v) is 11.5. The first-order valence-corrected chi connectivity index (χ1v) is 6.50. The summed E-state index contributed by atoms with van der Waals surface area (Å²) in [6.45, 7) is 2.51. The van der Waals surface area contributed by atoms with Crippen LogP contribution < -0.4 is 5.32 Å². The molecule has 21 heavy (non-hydrogen) atoms. The molecule has 2 rings (SSSR count). The minimum absolute atomic E-state index is 0.0914. The van der Waals surface area contributed by atoms with Crippen LogP contribution in [0.1, 0.15) is 19.0 Å². The lowest BCUT2D eigenvalue weighted by molar-refractivity contribution is -0.384. The van der Waals surface area contributed by atoms with Crippen LogP contribution in [0.15, 0.2) is 24.5 Å². The van der Waals surface area contributed by atoms with Gasteiger partial charge in [0.2, 0.25) is 5.82 Å². The van der Waals surface area contributed by atoms with Gasteiger partial charge in [-0.2, -0.15) is 0 Å². The normalized spacial score (nSPS) is 12.1. The molecule has 2 heterocycles. The monoisotopic (exact) mass is 292 g/mol. The zero-order chi connectivity index (χ0) is 15.2. The van der Waals surface area contributed by atoms with Crippen LogP contribution in [0.4, 0.5) is 11.5 Å². The topological polar surface area (TPSA) is 119 Å². The van der Waals surface area contributed by atoms with Gasteiger partial charge in [-0.05, 0) is 12.5 Å². The first kappa shape index (κ1) is 14.9. The first-order chi connectivity index (χ1) is 10.1. The molecule has 0 bridgehead atoms. The maximum absolute atomic E-state index is 10.9. The summed E-state index contributed by atoms with van der Waals surface area (Å²) < 4.78 is 1.54. The summed E-state index contributed by atoms with van der Waals surface area (Å²) in [5.74, 6) is 0.186. The number of anilines is 1. The Labute approximate surface area is 120 Å². The van der Waals surface area contributed by atoms with Gasteiger partial charge in [-0.3, -0.25) is 10.1 Å². The molecule has 1 unspecified atom stereocenters. The largest absolute Gasteiger partial charge is 0.391 e. The van der Waals surface area contributed by atoms with E-state index in [9.17, 15) is 15.2 Å². The van der Waals surface area contributed by atoms with Crippen LogP contribution >= 0.6 is 0 Å². The van der Waals surface area contributed by atoms with Gasteiger partial charge in [-0.15, -0.1) is 5.10 Å². The fourth-order valence-corrected chi connectivity index (χ4v) is 1.71. The predicted octanol–water partition coefficient (Wildman–Crippen LogP) is 0.964. The minimum Gasteiger partial charge on any atom is -0.391 e. The Morgan fingerprint density at radius 3 is 3.10 bits per heavy atom. The Hall–Kier alpha value is -2.55. The highest BCUT2D eigenvalue weighted by atomic mass is 16.6. The van der Waals surface area contributed by atoms with Crippen molar-refractivity contribution in [3.8, 4) is 0 Å². The highest BCUT2D eigenvalue weighted by molar-refractivity contribution is 5.55. The van der Waals surface area contributed by atoms with Gasteiger partial charge >= 0.3 is 5.69 Å². The van der Waals surface area contributed by atoms with E-state index in [1.807, 2.05) is 6.92 Å². The maximum Gasteiger partial charge on any atom is 0.311 e. The van der Waals surface area contributed by atoms with Crippen molar-refractivity contribution < 1.29 is 10.0 Å². The zero-order valence-electron chi connectivity index (χ0n) is 11.5. The molecule has 0 fully saturated rings. The van der Waals surface area contributed by atoms with E-state index in [0.717, 1.165) is 0 Å². The van der Waals surface area contributed by atoms with Gasteiger partial charge in [0.1, 0.15) is 5.69 Å². The van der Waals surface area contributed by atoms with Crippen molar-refractivity contribution in [3.63, 3.8) is 0 Å². The van der Waals surface area contributed by atoms with E-state index in [0.29, 0.717) is 18.7 Å². The Morgan fingerprint density at radius 1 is 1.57 bits per heavy atom. The number of aliphatic hydroxyl groups excluding tert-OH is 1. The van der Waals surface area contributed by atoms with Crippen molar-refractivity contribution in [1.29, 1.82) is 0 Å². The summed E-state index contributed by atoms with van der Waals surface area (Å²) in [7, 11) is 0. The molecule has 0 radical (unpaired) electrons. The highest BCUT2D eigenvalue weighted by Crippen LogP contribution is 2.20. The van der Waals surface area contributed by atoms with Crippen molar-refractivity contribution in [2.45, 2.75) is 32.5 Å². The number of nitro groups is 1. The first-order valence-electron chi connectivity index (χ1n) is 6.50. The van der Waals surface area contributed by atoms with Gasteiger partial charge in [0, 0.05) is 12.3 Å². The van der Waals surface area contributed by atoms with E-state index >= 15 is 0 Å². The Balaban J connectivity index is 1.99. The predicted molar refractivity (Wildman–Crippen MR) is 74.5 cm³/mol. The molecule has 0 aliphatic rings. The standard InChI is InChI=1S/C12H16N6O3/c1-2-10(19)8-17-7-9(15-16-17)6-14-12-11(18(20)21)4-3-5-13-12/h3-5,7,10,19H,2,6,8H2,1H3,(H,13,14).